The number of hydrogen-bond acceptors (Lipinski definition) is 1. The first-order chi connectivity index (χ1) is 10.5. The number of fused-ring (bicyclic) bond motifs is 5. The Hall–Kier alpha value is -0.790. The molecule has 1 heterocycles. The molecule has 0 aromatic rings. The molecule has 0 saturated heterocycles. The van der Waals surface area contributed by atoms with Crippen LogP contribution >= 0.6 is 0 Å². The molecule has 3 fully saturated rings. The van der Waals surface area contributed by atoms with Crippen LogP contribution in [0.5, 0.6) is 0 Å². The summed E-state index contributed by atoms with van der Waals surface area (Å²) in [6.07, 6.45) is 13.1. The van der Waals surface area contributed by atoms with Gasteiger partial charge >= 0.3 is 0 Å². The number of carbonyl (C=O) groups is 1. The highest BCUT2D eigenvalue weighted by molar-refractivity contribution is 5.89. The van der Waals surface area contributed by atoms with Crippen molar-refractivity contribution in [3.63, 3.8) is 0 Å². The highest BCUT2D eigenvalue weighted by atomic mass is 16.1. The van der Waals surface area contributed by atoms with Gasteiger partial charge < -0.3 is 5.32 Å². The minimum Gasteiger partial charge on any atom is -0.349 e. The van der Waals surface area contributed by atoms with Crippen molar-refractivity contribution >= 4 is 5.91 Å². The molecule has 1 N–H and O–H groups in total. The summed E-state index contributed by atoms with van der Waals surface area (Å²) < 4.78 is 0. The SMILES string of the molecule is [CH2]C[C@@H]1CCC2C3CCC4NC(=O)C=C[C@]4(C)C3CC[C@@]21C. The van der Waals surface area contributed by atoms with E-state index in [4.69, 9.17) is 0 Å². The van der Waals surface area contributed by atoms with E-state index in [2.05, 4.69) is 32.2 Å². The maximum Gasteiger partial charge on any atom is 0.243 e. The monoisotopic (exact) mass is 300 g/mol. The fourth-order valence-corrected chi connectivity index (χ4v) is 6.92. The van der Waals surface area contributed by atoms with E-state index in [1.807, 2.05) is 0 Å². The van der Waals surface area contributed by atoms with Crippen molar-refractivity contribution in [3.8, 4) is 0 Å². The van der Waals surface area contributed by atoms with Gasteiger partial charge in [-0.05, 0) is 80.1 Å². The van der Waals surface area contributed by atoms with Crippen LogP contribution in [0.15, 0.2) is 12.2 Å². The van der Waals surface area contributed by atoms with E-state index in [0.29, 0.717) is 11.5 Å². The Labute approximate surface area is 135 Å². The maximum atomic E-state index is 11.7. The predicted molar refractivity (Wildman–Crippen MR) is 88.9 cm³/mol. The fraction of sp³-hybridized carbons (Fsp3) is 0.800. The number of hydrogen-bond donors (Lipinski definition) is 1. The Bertz CT molecular complexity index is 512. The topological polar surface area (TPSA) is 29.1 Å². The van der Waals surface area contributed by atoms with Crippen LogP contribution in [-0.4, -0.2) is 11.9 Å². The number of carbonyl (C=O) groups excluding carboxylic acids is 1. The molecule has 121 valence electrons. The summed E-state index contributed by atoms with van der Waals surface area (Å²) in [5.74, 6) is 3.45. The van der Waals surface area contributed by atoms with Crippen LogP contribution in [-0.2, 0) is 4.79 Å². The number of rotatable bonds is 1. The lowest BCUT2D eigenvalue weighted by Crippen LogP contribution is -2.59. The molecule has 0 spiro atoms. The van der Waals surface area contributed by atoms with Crippen LogP contribution in [0.4, 0.5) is 0 Å². The van der Waals surface area contributed by atoms with Gasteiger partial charge in [0.2, 0.25) is 5.91 Å². The highest BCUT2D eigenvalue weighted by Crippen LogP contribution is 2.65. The molecule has 0 aromatic heterocycles. The minimum atomic E-state index is 0.111. The van der Waals surface area contributed by atoms with E-state index in [1.165, 1.54) is 32.1 Å². The van der Waals surface area contributed by atoms with Crippen LogP contribution in [0.25, 0.3) is 0 Å². The summed E-state index contributed by atoms with van der Waals surface area (Å²) in [5.41, 5.74) is 0.717. The Morgan fingerprint density at radius 1 is 1.18 bits per heavy atom. The van der Waals surface area contributed by atoms with E-state index in [9.17, 15) is 4.79 Å². The van der Waals surface area contributed by atoms with Crippen molar-refractivity contribution in [2.75, 3.05) is 0 Å². The second kappa shape index (κ2) is 4.85. The van der Waals surface area contributed by atoms with Crippen molar-refractivity contribution < 1.29 is 4.79 Å². The van der Waals surface area contributed by atoms with E-state index >= 15 is 0 Å². The zero-order valence-corrected chi connectivity index (χ0v) is 14.1. The molecule has 3 aliphatic carbocycles. The van der Waals surface area contributed by atoms with Gasteiger partial charge in [0.15, 0.2) is 0 Å². The van der Waals surface area contributed by atoms with Crippen molar-refractivity contribution in [1.82, 2.24) is 5.32 Å². The van der Waals surface area contributed by atoms with Crippen molar-refractivity contribution in [1.29, 1.82) is 0 Å². The Kier molecular flexibility index (Phi) is 3.26. The summed E-state index contributed by atoms with van der Waals surface area (Å²) in [6, 6.07) is 0.362. The van der Waals surface area contributed by atoms with Crippen LogP contribution < -0.4 is 5.32 Å². The molecule has 7 atom stereocenters. The fourth-order valence-electron chi connectivity index (χ4n) is 6.92. The second-order valence-electron chi connectivity index (χ2n) is 8.82. The van der Waals surface area contributed by atoms with Gasteiger partial charge in [-0.1, -0.05) is 26.8 Å². The van der Waals surface area contributed by atoms with Gasteiger partial charge in [-0.25, -0.2) is 0 Å². The van der Waals surface area contributed by atoms with Crippen LogP contribution in [0, 0.1) is 41.4 Å². The third kappa shape index (κ3) is 1.82. The van der Waals surface area contributed by atoms with E-state index in [0.717, 1.165) is 36.5 Å². The zero-order chi connectivity index (χ0) is 15.5. The van der Waals surface area contributed by atoms with Gasteiger partial charge in [-0.2, -0.15) is 0 Å². The van der Waals surface area contributed by atoms with Gasteiger partial charge in [0, 0.05) is 11.5 Å². The molecule has 2 heteroatoms. The standard InChI is InChI=1S/C20H30NO/c1-4-13-5-7-15-14-6-8-17-20(3,12-10-18(22)21-17)16(14)9-11-19(13,15)2/h10,12-17H,1,4-9,11H2,2-3H3,(H,21,22)/t13-,14?,15?,16?,17?,19-,20-/m1/s1. The first kappa shape index (κ1) is 14.8. The summed E-state index contributed by atoms with van der Waals surface area (Å²) in [4.78, 5) is 11.7. The molecule has 2 nitrogen and oxygen atoms in total. The lowest BCUT2D eigenvalue weighted by atomic mass is 9.48. The lowest BCUT2D eigenvalue weighted by molar-refractivity contribution is -0.122. The molecule has 3 saturated carbocycles. The molecule has 4 aliphatic rings. The third-order valence-corrected chi connectivity index (χ3v) is 8.23. The summed E-state index contributed by atoms with van der Waals surface area (Å²) in [7, 11) is 0. The lowest BCUT2D eigenvalue weighted by Gasteiger charge is -2.59. The van der Waals surface area contributed by atoms with Gasteiger partial charge in [0.25, 0.3) is 0 Å². The zero-order valence-electron chi connectivity index (χ0n) is 14.1. The van der Waals surface area contributed by atoms with Crippen molar-refractivity contribution in [3.05, 3.63) is 19.1 Å². The summed E-state index contributed by atoms with van der Waals surface area (Å²) in [5, 5.41) is 3.25. The Morgan fingerprint density at radius 3 is 2.77 bits per heavy atom. The average molecular weight is 300 g/mol. The largest absolute Gasteiger partial charge is 0.349 e. The van der Waals surface area contributed by atoms with Gasteiger partial charge in [-0.3, -0.25) is 4.79 Å². The van der Waals surface area contributed by atoms with Gasteiger partial charge in [-0.15, -0.1) is 0 Å². The van der Waals surface area contributed by atoms with Crippen molar-refractivity contribution in [2.45, 2.75) is 64.8 Å². The summed E-state index contributed by atoms with van der Waals surface area (Å²) >= 11 is 0. The van der Waals surface area contributed by atoms with Gasteiger partial charge in [0.1, 0.15) is 0 Å². The average Bonchev–Trinajstić information content (AvgIpc) is 2.84. The predicted octanol–water partition coefficient (Wildman–Crippen LogP) is 4.12. The molecule has 1 aliphatic heterocycles. The van der Waals surface area contributed by atoms with E-state index in [1.54, 1.807) is 6.08 Å². The third-order valence-electron chi connectivity index (χ3n) is 8.23. The quantitative estimate of drug-likeness (QED) is 0.775. The summed E-state index contributed by atoms with van der Waals surface area (Å²) in [6.45, 7) is 9.20. The van der Waals surface area contributed by atoms with Crippen molar-refractivity contribution in [2.24, 2.45) is 34.5 Å². The number of amides is 1. The molecule has 4 unspecified atom stereocenters. The molecule has 1 amide bonds. The first-order valence-electron chi connectivity index (χ1n) is 9.28. The maximum absolute atomic E-state index is 11.7. The molecule has 0 bridgehead atoms. The van der Waals surface area contributed by atoms with E-state index in [-0.39, 0.29) is 11.3 Å². The molecular formula is C20H30NO. The molecule has 4 rings (SSSR count). The first-order valence-corrected chi connectivity index (χ1v) is 9.28. The molecule has 22 heavy (non-hydrogen) atoms. The second-order valence-corrected chi connectivity index (χ2v) is 8.82. The minimum absolute atomic E-state index is 0.111. The molecule has 0 aromatic carbocycles. The van der Waals surface area contributed by atoms with Crippen LogP contribution in [0.1, 0.15) is 58.8 Å². The normalized spacial score (nSPS) is 53.4. The van der Waals surface area contributed by atoms with Crippen LogP contribution in [0.2, 0.25) is 0 Å². The van der Waals surface area contributed by atoms with Crippen LogP contribution in [0.3, 0.4) is 0 Å². The van der Waals surface area contributed by atoms with E-state index < -0.39 is 0 Å². The Morgan fingerprint density at radius 2 is 2.00 bits per heavy atom. The van der Waals surface area contributed by atoms with Gasteiger partial charge in [0.05, 0.1) is 0 Å². The molecule has 1 radical (unpaired) electrons. The molecular weight excluding hydrogens is 270 g/mol. The Balaban J connectivity index is 1.66. The highest BCUT2D eigenvalue weighted by Gasteiger charge is 2.59. The smallest absolute Gasteiger partial charge is 0.243 e. The number of nitrogens with one attached hydrogen (secondary N) is 1.